The van der Waals surface area contributed by atoms with Gasteiger partial charge in [-0.05, 0) is 35.8 Å². The molecule has 0 heterocycles. The van der Waals surface area contributed by atoms with Crippen molar-refractivity contribution in [1.82, 2.24) is 0 Å². The number of benzene rings is 1. The maximum Gasteiger partial charge on any atom is 0.0406 e. The molecule has 0 fully saturated rings. The number of halogens is 1. The van der Waals surface area contributed by atoms with Crippen LogP contribution in [0.1, 0.15) is 19.4 Å². The highest BCUT2D eigenvalue weighted by Gasteiger charge is 2.05. The van der Waals surface area contributed by atoms with Gasteiger partial charge in [-0.1, -0.05) is 37.6 Å². The fourth-order valence-electron chi connectivity index (χ4n) is 1.44. The van der Waals surface area contributed by atoms with E-state index < -0.39 is 0 Å². The molecule has 0 spiro atoms. The van der Waals surface area contributed by atoms with Crippen LogP contribution in [0, 0.1) is 5.92 Å². The van der Waals surface area contributed by atoms with Crippen molar-refractivity contribution in [2.75, 3.05) is 11.5 Å². The van der Waals surface area contributed by atoms with E-state index in [0.717, 1.165) is 23.1 Å². The first-order valence-electron chi connectivity index (χ1n) is 5.65. The molecular weight excluding hydrogens is 238 g/mol. The van der Waals surface area contributed by atoms with Gasteiger partial charge < -0.3 is 5.73 Å². The number of hydrogen-bond donors (Lipinski definition) is 1. The minimum atomic E-state index is 0.241. The van der Waals surface area contributed by atoms with Gasteiger partial charge >= 0.3 is 0 Å². The minimum Gasteiger partial charge on any atom is -0.327 e. The van der Waals surface area contributed by atoms with Gasteiger partial charge in [-0.25, -0.2) is 0 Å². The van der Waals surface area contributed by atoms with Crippen molar-refractivity contribution in [2.45, 2.75) is 26.3 Å². The highest BCUT2D eigenvalue weighted by atomic mass is 35.5. The number of rotatable bonds is 6. The van der Waals surface area contributed by atoms with Crippen LogP contribution in [0.5, 0.6) is 0 Å². The lowest BCUT2D eigenvalue weighted by Crippen LogP contribution is -2.25. The Kier molecular flexibility index (Phi) is 6.25. The minimum absolute atomic E-state index is 0.241. The van der Waals surface area contributed by atoms with Gasteiger partial charge in [0.15, 0.2) is 0 Å². The van der Waals surface area contributed by atoms with Crippen LogP contribution in [0.4, 0.5) is 0 Å². The Labute approximate surface area is 108 Å². The van der Waals surface area contributed by atoms with Crippen molar-refractivity contribution >= 4 is 23.4 Å². The van der Waals surface area contributed by atoms with Crippen molar-refractivity contribution in [3.8, 4) is 0 Å². The second-order valence-corrected chi connectivity index (χ2v) is 6.03. The first kappa shape index (κ1) is 13.9. The van der Waals surface area contributed by atoms with Crippen LogP contribution in [0.2, 0.25) is 5.02 Å². The molecule has 0 amide bonds. The van der Waals surface area contributed by atoms with Crippen LogP contribution in [0.3, 0.4) is 0 Å². The molecule has 0 aromatic heterocycles. The zero-order chi connectivity index (χ0) is 12.0. The summed E-state index contributed by atoms with van der Waals surface area (Å²) in [5.41, 5.74) is 7.34. The van der Waals surface area contributed by atoms with E-state index in [0.29, 0.717) is 0 Å². The summed E-state index contributed by atoms with van der Waals surface area (Å²) in [6.07, 6.45) is 0.933. The Morgan fingerprint density at radius 1 is 1.19 bits per heavy atom. The molecule has 0 aliphatic heterocycles. The van der Waals surface area contributed by atoms with E-state index in [1.807, 2.05) is 23.9 Å². The van der Waals surface area contributed by atoms with E-state index in [1.165, 1.54) is 11.3 Å². The van der Waals surface area contributed by atoms with Crippen LogP contribution < -0.4 is 5.73 Å². The fourth-order valence-corrected chi connectivity index (χ4v) is 2.59. The van der Waals surface area contributed by atoms with E-state index in [1.54, 1.807) is 0 Å². The van der Waals surface area contributed by atoms with Crippen molar-refractivity contribution in [1.29, 1.82) is 0 Å². The molecule has 0 aliphatic rings. The van der Waals surface area contributed by atoms with Gasteiger partial charge in [0.25, 0.3) is 0 Å². The molecule has 90 valence electrons. The van der Waals surface area contributed by atoms with Crippen molar-refractivity contribution < 1.29 is 0 Å². The summed E-state index contributed by atoms with van der Waals surface area (Å²) in [5.74, 6) is 2.96. The number of thioether (sulfide) groups is 1. The third-order valence-electron chi connectivity index (χ3n) is 2.19. The molecule has 3 heteroatoms. The second kappa shape index (κ2) is 7.21. The van der Waals surface area contributed by atoms with Gasteiger partial charge in [-0.15, -0.1) is 0 Å². The molecule has 0 bridgehead atoms. The largest absolute Gasteiger partial charge is 0.327 e. The van der Waals surface area contributed by atoms with Crippen molar-refractivity contribution in [3.05, 3.63) is 34.9 Å². The maximum atomic E-state index is 6.08. The molecule has 0 saturated heterocycles. The third-order valence-corrected chi connectivity index (χ3v) is 4.01. The van der Waals surface area contributed by atoms with E-state index in [-0.39, 0.29) is 6.04 Å². The number of nitrogens with two attached hydrogens (primary N) is 1. The zero-order valence-corrected chi connectivity index (χ0v) is 11.5. The lowest BCUT2D eigenvalue weighted by atomic mass is 10.1. The Bertz CT molecular complexity index is 297. The maximum absolute atomic E-state index is 6.08. The summed E-state index contributed by atoms with van der Waals surface area (Å²) >= 11 is 7.77. The van der Waals surface area contributed by atoms with Crippen LogP contribution >= 0.6 is 23.4 Å². The molecule has 0 radical (unpaired) electrons. The average molecular weight is 258 g/mol. The molecule has 1 rings (SSSR count). The van der Waals surface area contributed by atoms with Gasteiger partial charge in [0.1, 0.15) is 0 Å². The first-order chi connectivity index (χ1) is 7.58. The smallest absolute Gasteiger partial charge is 0.0406 e. The summed E-state index contributed by atoms with van der Waals surface area (Å²) in [6, 6.07) is 8.19. The average Bonchev–Trinajstić information content (AvgIpc) is 2.21. The molecule has 16 heavy (non-hydrogen) atoms. The topological polar surface area (TPSA) is 26.0 Å². The third kappa shape index (κ3) is 5.78. The molecular formula is C13H20ClNS. The Hall–Kier alpha value is -0.180. The van der Waals surface area contributed by atoms with Gasteiger partial charge in [0, 0.05) is 16.8 Å². The molecule has 1 aromatic carbocycles. The highest BCUT2D eigenvalue weighted by molar-refractivity contribution is 7.99. The van der Waals surface area contributed by atoms with E-state index in [9.17, 15) is 0 Å². The van der Waals surface area contributed by atoms with Crippen LogP contribution in [0.15, 0.2) is 24.3 Å². The number of hydrogen-bond acceptors (Lipinski definition) is 2. The zero-order valence-electron chi connectivity index (χ0n) is 9.95. The molecule has 0 aliphatic carbocycles. The monoisotopic (exact) mass is 257 g/mol. The molecule has 1 unspecified atom stereocenters. The quantitative estimate of drug-likeness (QED) is 0.843. The van der Waals surface area contributed by atoms with E-state index in [2.05, 4.69) is 26.0 Å². The fraction of sp³-hybridized carbons (Fsp3) is 0.538. The Morgan fingerprint density at radius 2 is 1.81 bits per heavy atom. The summed E-state index contributed by atoms with van der Waals surface area (Å²) < 4.78 is 0. The lowest BCUT2D eigenvalue weighted by molar-refractivity contribution is 0.731. The van der Waals surface area contributed by atoms with E-state index in [4.69, 9.17) is 17.3 Å². The SMILES string of the molecule is CC(C)CSCC(N)Cc1ccc(Cl)cc1. The molecule has 1 atom stereocenters. The predicted octanol–water partition coefficient (Wildman–Crippen LogP) is 3.60. The van der Waals surface area contributed by atoms with Gasteiger partial charge in [-0.3, -0.25) is 0 Å². The van der Waals surface area contributed by atoms with Crippen molar-refractivity contribution in [3.63, 3.8) is 0 Å². The molecule has 1 aromatic rings. The summed E-state index contributed by atoms with van der Waals surface area (Å²) in [4.78, 5) is 0. The van der Waals surface area contributed by atoms with Crippen LogP contribution in [-0.4, -0.2) is 17.5 Å². The lowest BCUT2D eigenvalue weighted by Gasteiger charge is -2.12. The second-order valence-electron chi connectivity index (χ2n) is 4.52. The summed E-state index contributed by atoms with van der Waals surface area (Å²) in [6.45, 7) is 4.47. The Morgan fingerprint density at radius 3 is 2.38 bits per heavy atom. The summed E-state index contributed by atoms with van der Waals surface area (Å²) in [5, 5.41) is 0.784. The Balaban J connectivity index is 2.28. The van der Waals surface area contributed by atoms with Gasteiger partial charge in [0.2, 0.25) is 0 Å². The molecule has 0 saturated carbocycles. The van der Waals surface area contributed by atoms with Gasteiger partial charge in [0.05, 0.1) is 0 Å². The normalized spacial score (nSPS) is 13.1. The highest BCUT2D eigenvalue weighted by Crippen LogP contribution is 2.13. The first-order valence-corrected chi connectivity index (χ1v) is 7.19. The van der Waals surface area contributed by atoms with Gasteiger partial charge in [-0.2, -0.15) is 11.8 Å². The van der Waals surface area contributed by atoms with Crippen LogP contribution in [0.25, 0.3) is 0 Å². The molecule has 1 nitrogen and oxygen atoms in total. The molecule has 2 N–H and O–H groups in total. The van der Waals surface area contributed by atoms with Crippen LogP contribution in [-0.2, 0) is 6.42 Å². The predicted molar refractivity (Wildman–Crippen MR) is 75.3 cm³/mol. The standard InChI is InChI=1S/C13H20ClNS/c1-10(2)8-16-9-13(15)7-11-3-5-12(14)6-4-11/h3-6,10,13H,7-9,15H2,1-2H3. The van der Waals surface area contributed by atoms with Crippen molar-refractivity contribution in [2.24, 2.45) is 11.7 Å². The van der Waals surface area contributed by atoms with E-state index >= 15 is 0 Å². The summed E-state index contributed by atoms with van der Waals surface area (Å²) in [7, 11) is 0.